The predicted molar refractivity (Wildman–Crippen MR) is 262 cm³/mol. The average Bonchev–Trinajstić information content (AvgIpc) is 4.03. The molecule has 2 aliphatic rings. The van der Waals surface area contributed by atoms with Gasteiger partial charge < -0.3 is 45.1 Å². The number of amidine groups is 1. The number of thiazole rings is 1. The molecule has 4 heterocycles. The number of nitrogens with two attached hydrogens (primary N) is 1. The molecule has 0 unspecified atom stereocenters. The van der Waals surface area contributed by atoms with Crippen LogP contribution in [0.25, 0.3) is 0 Å². The number of benzene rings is 3. The number of nitrogens with one attached hydrogen (secondary N) is 3. The summed E-state index contributed by atoms with van der Waals surface area (Å²) in [4.78, 5) is 87.3. The van der Waals surface area contributed by atoms with Crippen LogP contribution in [0, 0.1) is 0 Å². The SMILES string of the molecule is CC(C)(C)OC(=O)Nc1nc(/C(=N\O[C@@H](COc2ccc(C(N)=NC3CCN(C(=O)OC(C)(C)C)CC3)cc2)C(=O)OC(c2ccccc2)c2ccccc2)C(=O)N[C@@H]2C(=O)N[C@@H]2Cn2cncn2)cs1. The van der Waals surface area contributed by atoms with E-state index in [-0.39, 0.29) is 29.5 Å². The van der Waals surface area contributed by atoms with Crippen LogP contribution in [-0.4, -0.2) is 121 Å². The largest absolute Gasteiger partial charge is 0.489 e. The second-order valence-electron chi connectivity index (χ2n) is 18.6. The molecule has 0 aliphatic carbocycles. The minimum absolute atomic E-state index is 0.0609. The van der Waals surface area contributed by atoms with Crippen molar-refractivity contribution in [3.05, 3.63) is 125 Å². The highest BCUT2D eigenvalue weighted by Gasteiger charge is 2.42. The maximum absolute atomic E-state index is 14.4. The van der Waals surface area contributed by atoms with Crippen LogP contribution in [0.3, 0.4) is 0 Å². The van der Waals surface area contributed by atoms with Crippen LogP contribution >= 0.6 is 11.3 Å². The van der Waals surface area contributed by atoms with Gasteiger partial charge in [0.25, 0.3) is 12.0 Å². The zero-order valence-electron chi connectivity index (χ0n) is 40.1. The lowest BCUT2D eigenvalue weighted by molar-refractivity contribution is -0.163. The van der Waals surface area contributed by atoms with Crippen molar-refractivity contribution >= 4 is 58.0 Å². The number of nitrogens with zero attached hydrogens (tertiary/aromatic N) is 7. The molecule has 5 aromatic rings. The van der Waals surface area contributed by atoms with E-state index in [2.05, 4.69) is 36.2 Å². The Morgan fingerprint density at radius 1 is 0.901 bits per heavy atom. The Labute approximate surface area is 414 Å². The van der Waals surface area contributed by atoms with Crippen LogP contribution in [0.2, 0.25) is 0 Å². The van der Waals surface area contributed by atoms with Gasteiger partial charge >= 0.3 is 18.2 Å². The van der Waals surface area contributed by atoms with Gasteiger partial charge in [0.1, 0.15) is 53.8 Å². The minimum atomic E-state index is -1.60. The maximum atomic E-state index is 14.4. The molecule has 0 bridgehead atoms. The molecule has 0 spiro atoms. The number of rotatable bonds is 17. The summed E-state index contributed by atoms with van der Waals surface area (Å²) in [6, 6.07) is 23.3. The van der Waals surface area contributed by atoms with Crippen molar-refractivity contribution in [1.82, 2.24) is 35.3 Å². The number of hydrogen-bond acceptors (Lipinski definition) is 16. The van der Waals surface area contributed by atoms with Crippen LogP contribution in [-0.2, 0) is 40.0 Å². The second kappa shape index (κ2) is 22.7. The Morgan fingerprint density at radius 3 is 2.14 bits per heavy atom. The number of esters is 1. The summed E-state index contributed by atoms with van der Waals surface area (Å²) >= 11 is 0.969. The van der Waals surface area contributed by atoms with Crippen molar-refractivity contribution in [3.63, 3.8) is 0 Å². The number of hydrogen-bond donors (Lipinski definition) is 4. The van der Waals surface area contributed by atoms with Crippen LogP contribution in [0.5, 0.6) is 5.75 Å². The lowest BCUT2D eigenvalue weighted by Gasteiger charge is -2.36. The first-order valence-electron chi connectivity index (χ1n) is 22.9. The van der Waals surface area contributed by atoms with E-state index in [1.807, 2.05) is 81.4 Å². The summed E-state index contributed by atoms with van der Waals surface area (Å²) in [6.07, 6.45) is 0.429. The Morgan fingerprint density at radius 2 is 1.55 bits per heavy atom. The zero-order valence-corrected chi connectivity index (χ0v) is 41.0. The van der Waals surface area contributed by atoms with Crippen molar-refractivity contribution < 1.29 is 47.8 Å². The topological polar surface area (TPSA) is 265 Å². The summed E-state index contributed by atoms with van der Waals surface area (Å²) in [7, 11) is 0. The summed E-state index contributed by atoms with van der Waals surface area (Å²) in [5.74, 6) is -1.61. The maximum Gasteiger partial charge on any atom is 0.413 e. The molecular weight excluding hydrogens is 935 g/mol. The van der Waals surface area contributed by atoms with Gasteiger partial charge in [0, 0.05) is 24.0 Å². The number of anilines is 1. The third-order valence-corrected chi connectivity index (χ3v) is 11.4. The molecule has 5 N–H and O–H groups in total. The van der Waals surface area contributed by atoms with Crippen molar-refractivity contribution in [2.75, 3.05) is 25.0 Å². The van der Waals surface area contributed by atoms with Crippen LogP contribution in [0.1, 0.15) is 82.9 Å². The number of aliphatic imine (C=N–C) groups is 1. The first-order chi connectivity index (χ1) is 33.9. The molecule has 374 valence electrons. The fourth-order valence-electron chi connectivity index (χ4n) is 7.24. The van der Waals surface area contributed by atoms with E-state index in [4.69, 9.17) is 34.5 Å². The summed E-state index contributed by atoms with van der Waals surface area (Å²) in [6.45, 7) is 11.3. The van der Waals surface area contributed by atoms with Gasteiger partial charge in [-0.2, -0.15) is 5.10 Å². The molecule has 2 saturated heterocycles. The molecule has 2 fully saturated rings. The Bertz CT molecular complexity index is 2640. The molecule has 7 rings (SSSR count). The highest BCUT2D eigenvalue weighted by atomic mass is 32.1. The average molecular weight is 992 g/mol. The van der Waals surface area contributed by atoms with Gasteiger partial charge in [-0.15, -0.1) is 11.3 Å². The molecular formula is C49H57N11O10S. The summed E-state index contributed by atoms with van der Waals surface area (Å²) in [5.41, 5.74) is 6.52. The standard InChI is InChI=1S/C49H57N11O10S/c1-48(2,3)68-46(64)57-45-55-36(27-71-45)39(43(62)56-38-35(54-42(38)61)25-60-29-51-28-52-60)58-70-37(44(63)67-40(30-13-9-7-10-14-30)31-15-11-8-12-16-31)26-66-34-19-17-32(18-20-34)41(50)53-33-21-23-59(24-22-33)47(65)69-49(4,5)6/h7-20,27-29,33,35,37-38,40H,21-26H2,1-6H3,(H2,50,53)(H,54,61)(H,56,62)(H,55,57,64)/b58-39+/t35-,37+,38+/m1/s1. The Kier molecular flexibility index (Phi) is 16.3. The molecule has 2 aromatic heterocycles. The van der Waals surface area contributed by atoms with Gasteiger partial charge in [-0.1, -0.05) is 65.8 Å². The number of piperidine rings is 1. The molecule has 2 aliphatic heterocycles. The summed E-state index contributed by atoms with van der Waals surface area (Å²) < 4.78 is 24.7. The highest BCUT2D eigenvalue weighted by Crippen LogP contribution is 2.28. The normalized spacial score (nSPS) is 17.1. The lowest BCUT2D eigenvalue weighted by Crippen LogP contribution is -2.70. The molecule has 3 aromatic carbocycles. The minimum Gasteiger partial charge on any atom is -0.489 e. The molecule has 71 heavy (non-hydrogen) atoms. The number of β-lactam (4-membered cyclic amide) rings is 1. The quantitative estimate of drug-likeness (QED) is 0.0228. The van der Waals surface area contributed by atoms with E-state index < -0.39 is 71.7 Å². The number of oxime groups is 1. The monoisotopic (exact) mass is 991 g/mol. The molecule has 3 atom stereocenters. The number of carbonyl (C=O) groups is 5. The van der Waals surface area contributed by atoms with Gasteiger partial charge in [0.2, 0.25) is 5.91 Å². The smallest absolute Gasteiger partial charge is 0.413 e. The fourth-order valence-corrected chi connectivity index (χ4v) is 7.92. The predicted octanol–water partition coefficient (Wildman–Crippen LogP) is 5.37. The zero-order chi connectivity index (χ0) is 50.7. The Hall–Kier alpha value is -7.88. The highest BCUT2D eigenvalue weighted by molar-refractivity contribution is 7.14. The third-order valence-electron chi connectivity index (χ3n) is 10.7. The van der Waals surface area contributed by atoms with E-state index in [0.717, 1.165) is 11.3 Å². The van der Waals surface area contributed by atoms with Crippen molar-refractivity contribution in [2.24, 2.45) is 15.9 Å². The van der Waals surface area contributed by atoms with Gasteiger partial charge in [-0.3, -0.25) is 24.6 Å². The number of amides is 4. The van der Waals surface area contributed by atoms with Gasteiger partial charge in [0.15, 0.2) is 16.9 Å². The molecule has 21 nitrogen and oxygen atoms in total. The third kappa shape index (κ3) is 14.6. The second-order valence-corrected chi connectivity index (χ2v) is 19.4. The van der Waals surface area contributed by atoms with Crippen LogP contribution < -0.4 is 26.4 Å². The van der Waals surface area contributed by atoms with E-state index in [9.17, 15) is 24.0 Å². The first-order valence-corrected chi connectivity index (χ1v) is 23.7. The van der Waals surface area contributed by atoms with E-state index in [1.54, 1.807) is 49.9 Å². The molecule has 4 amide bonds. The van der Waals surface area contributed by atoms with E-state index in [0.29, 0.717) is 54.2 Å². The van der Waals surface area contributed by atoms with Crippen molar-refractivity contribution in [2.45, 2.75) is 102 Å². The van der Waals surface area contributed by atoms with Crippen LogP contribution in [0.4, 0.5) is 14.7 Å². The van der Waals surface area contributed by atoms with Crippen LogP contribution in [0.15, 0.2) is 113 Å². The lowest BCUT2D eigenvalue weighted by atomic mass is 9.98. The van der Waals surface area contributed by atoms with E-state index in [1.165, 1.54) is 22.7 Å². The van der Waals surface area contributed by atoms with Crippen molar-refractivity contribution in [3.8, 4) is 5.75 Å². The first kappa shape index (κ1) is 51.0. The van der Waals surface area contributed by atoms with Crippen molar-refractivity contribution in [1.29, 1.82) is 0 Å². The fraction of sp³-hybridized carbons (Fsp3) is 0.388. The number of carbonyl (C=O) groups excluding carboxylic acids is 5. The van der Waals surface area contributed by atoms with E-state index >= 15 is 0 Å². The number of aromatic nitrogens is 4. The molecule has 0 radical (unpaired) electrons. The summed E-state index contributed by atoms with van der Waals surface area (Å²) in [5, 5.41) is 17.8. The number of likely N-dealkylation sites (tertiary alicyclic amines) is 1. The Balaban J connectivity index is 1.12. The number of ether oxygens (including phenoxy) is 4. The van der Waals surface area contributed by atoms with Gasteiger partial charge in [-0.25, -0.2) is 24.4 Å². The molecule has 0 saturated carbocycles. The molecule has 22 heteroatoms. The van der Waals surface area contributed by atoms with Gasteiger partial charge in [0.05, 0.1) is 18.6 Å². The van der Waals surface area contributed by atoms with Gasteiger partial charge in [-0.05, 0) is 89.8 Å².